The van der Waals surface area contributed by atoms with Gasteiger partial charge in [0.25, 0.3) is 5.91 Å². The molecule has 0 aliphatic carbocycles. The van der Waals surface area contributed by atoms with E-state index < -0.39 is 12.1 Å². The van der Waals surface area contributed by atoms with Crippen molar-refractivity contribution in [3.05, 3.63) is 30.1 Å². The predicted octanol–water partition coefficient (Wildman–Crippen LogP) is 1.45. The third kappa shape index (κ3) is 3.84. The molecule has 4 N–H and O–H groups in total. The van der Waals surface area contributed by atoms with Crippen LogP contribution in [0.4, 0.5) is 0 Å². The van der Waals surface area contributed by atoms with Crippen molar-refractivity contribution in [2.75, 3.05) is 6.61 Å². The highest BCUT2D eigenvalue weighted by Gasteiger charge is 2.26. The van der Waals surface area contributed by atoms with Gasteiger partial charge in [-0.1, -0.05) is 20.8 Å². The molecular weight excluding hydrogens is 282 g/mol. The number of carbonyl (C=O) groups is 1. The molecule has 6 nitrogen and oxygen atoms in total. The summed E-state index contributed by atoms with van der Waals surface area (Å²) in [6, 6.07) is 4.88. The van der Waals surface area contributed by atoms with Crippen LogP contribution in [-0.4, -0.2) is 44.8 Å². The van der Waals surface area contributed by atoms with Gasteiger partial charge in [-0.2, -0.15) is 0 Å². The number of amides is 1. The van der Waals surface area contributed by atoms with Crippen LogP contribution >= 0.6 is 0 Å². The molecule has 6 heteroatoms. The van der Waals surface area contributed by atoms with E-state index in [9.17, 15) is 15.0 Å². The number of nitrogens with one attached hydrogen (secondary N) is 2. The SMILES string of the molecule is CC(C)(C)C(O)CC(CO)NC(=O)c1cc2cccnc2[nH]1. The summed E-state index contributed by atoms with van der Waals surface area (Å²) in [6.45, 7) is 5.52. The van der Waals surface area contributed by atoms with E-state index in [1.54, 1.807) is 18.3 Å². The fourth-order valence-corrected chi connectivity index (χ4v) is 2.15. The van der Waals surface area contributed by atoms with E-state index in [2.05, 4.69) is 15.3 Å². The minimum atomic E-state index is -0.616. The van der Waals surface area contributed by atoms with Crippen molar-refractivity contribution in [3.8, 4) is 0 Å². The first kappa shape index (κ1) is 16.5. The number of carbonyl (C=O) groups excluding carboxylic acids is 1. The van der Waals surface area contributed by atoms with Crippen molar-refractivity contribution in [1.29, 1.82) is 0 Å². The summed E-state index contributed by atoms with van der Waals surface area (Å²) in [6.07, 6.45) is 1.33. The topological polar surface area (TPSA) is 98.2 Å². The Balaban J connectivity index is 2.05. The van der Waals surface area contributed by atoms with Gasteiger partial charge >= 0.3 is 0 Å². The second-order valence-corrected chi connectivity index (χ2v) is 6.59. The zero-order chi connectivity index (χ0) is 16.3. The van der Waals surface area contributed by atoms with Crippen LogP contribution in [0.5, 0.6) is 0 Å². The fraction of sp³-hybridized carbons (Fsp3) is 0.500. The lowest BCUT2D eigenvalue weighted by molar-refractivity contribution is 0.0382. The van der Waals surface area contributed by atoms with Gasteiger partial charge in [0, 0.05) is 11.6 Å². The molecule has 0 aliphatic rings. The summed E-state index contributed by atoms with van der Waals surface area (Å²) >= 11 is 0. The fourth-order valence-electron chi connectivity index (χ4n) is 2.15. The van der Waals surface area contributed by atoms with E-state index in [0.717, 1.165) is 5.39 Å². The first-order valence-corrected chi connectivity index (χ1v) is 7.35. The van der Waals surface area contributed by atoms with Crippen LogP contribution in [-0.2, 0) is 0 Å². The van der Waals surface area contributed by atoms with E-state index >= 15 is 0 Å². The number of rotatable bonds is 5. The molecule has 2 unspecified atom stereocenters. The monoisotopic (exact) mass is 305 g/mol. The molecule has 2 aromatic heterocycles. The Hall–Kier alpha value is -1.92. The van der Waals surface area contributed by atoms with Gasteiger partial charge in [0.2, 0.25) is 0 Å². The normalized spacial score (nSPS) is 14.8. The Morgan fingerprint density at radius 2 is 2.18 bits per heavy atom. The maximum absolute atomic E-state index is 12.3. The highest BCUT2D eigenvalue weighted by atomic mass is 16.3. The molecule has 2 rings (SSSR count). The van der Waals surface area contributed by atoms with E-state index in [4.69, 9.17) is 0 Å². The molecule has 2 heterocycles. The van der Waals surface area contributed by atoms with Gasteiger partial charge in [-0.05, 0) is 30.0 Å². The molecule has 0 aliphatic heterocycles. The average molecular weight is 305 g/mol. The van der Waals surface area contributed by atoms with Crippen molar-refractivity contribution in [2.24, 2.45) is 5.41 Å². The van der Waals surface area contributed by atoms with Crippen molar-refractivity contribution >= 4 is 16.9 Å². The number of pyridine rings is 1. The number of aliphatic hydroxyl groups excluding tert-OH is 2. The van der Waals surface area contributed by atoms with E-state index in [0.29, 0.717) is 17.8 Å². The third-order valence-corrected chi connectivity index (χ3v) is 3.70. The van der Waals surface area contributed by atoms with Crippen LogP contribution < -0.4 is 5.32 Å². The van der Waals surface area contributed by atoms with Crippen molar-refractivity contribution in [2.45, 2.75) is 39.3 Å². The van der Waals surface area contributed by atoms with Crippen LogP contribution in [0.3, 0.4) is 0 Å². The van der Waals surface area contributed by atoms with Gasteiger partial charge in [-0.3, -0.25) is 4.79 Å². The lowest BCUT2D eigenvalue weighted by atomic mass is 9.85. The maximum Gasteiger partial charge on any atom is 0.268 e. The lowest BCUT2D eigenvalue weighted by Gasteiger charge is -2.29. The first-order chi connectivity index (χ1) is 10.3. The molecule has 0 saturated carbocycles. The van der Waals surface area contributed by atoms with Gasteiger partial charge in [-0.25, -0.2) is 4.98 Å². The molecule has 2 atom stereocenters. The zero-order valence-corrected chi connectivity index (χ0v) is 13.1. The molecule has 0 spiro atoms. The Morgan fingerprint density at radius 3 is 2.77 bits per heavy atom. The van der Waals surface area contributed by atoms with Gasteiger partial charge in [0.15, 0.2) is 0 Å². The molecular formula is C16H23N3O3. The third-order valence-electron chi connectivity index (χ3n) is 3.70. The minimum absolute atomic E-state index is 0.225. The standard InChI is InChI=1S/C16H23N3O3/c1-16(2,3)13(21)8-11(9-20)18-15(22)12-7-10-5-4-6-17-14(10)19-12/h4-7,11,13,20-21H,8-9H2,1-3H3,(H,17,19)(H,18,22). The molecule has 0 bridgehead atoms. The molecule has 2 aromatic rings. The summed E-state index contributed by atoms with van der Waals surface area (Å²) in [4.78, 5) is 19.3. The second kappa shape index (κ2) is 6.46. The first-order valence-electron chi connectivity index (χ1n) is 7.35. The number of H-pyrrole nitrogens is 1. The molecule has 1 amide bonds. The minimum Gasteiger partial charge on any atom is -0.394 e. The van der Waals surface area contributed by atoms with Crippen molar-refractivity contribution in [1.82, 2.24) is 15.3 Å². The maximum atomic E-state index is 12.3. The average Bonchev–Trinajstić information content (AvgIpc) is 2.89. The number of hydrogen-bond donors (Lipinski definition) is 4. The summed E-state index contributed by atoms with van der Waals surface area (Å²) in [5.74, 6) is -0.321. The number of aromatic amines is 1. The van der Waals surface area contributed by atoms with E-state index in [-0.39, 0.29) is 17.9 Å². The van der Waals surface area contributed by atoms with Crippen molar-refractivity contribution < 1.29 is 15.0 Å². The van der Waals surface area contributed by atoms with Crippen molar-refractivity contribution in [3.63, 3.8) is 0 Å². The molecule has 22 heavy (non-hydrogen) atoms. The number of aromatic nitrogens is 2. The molecule has 120 valence electrons. The number of fused-ring (bicyclic) bond motifs is 1. The lowest BCUT2D eigenvalue weighted by Crippen LogP contribution is -2.42. The zero-order valence-electron chi connectivity index (χ0n) is 13.1. The quantitative estimate of drug-likeness (QED) is 0.672. The summed E-state index contributed by atoms with van der Waals surface area (Å²) in [5.41, 5.74) is 0.726. The Bertz CT molecular complexity index is 612. The van der Waals surface area contributed by atoms with Gasteiger partial charge < -0.3 is 20.5 Å². The molecule has 0 saturated heterocycles. The smallest absolute Gasteiger partial charge is 0.268 e. The molecule has 0 fully saturated rings. The van der Waals surface area contributed by atoms with Crippen LogP contribution in [0.15, 0.2) is 24.4 Å². The second-order valence-electron chi connectivity index (χ2n) is 6.59. The molecule has 0 radical (unpaired) electrons. The number of nitrogens with zero attached hydrogens (tertiary/aromatic N) is 1. The summed E-state index contributed by atoms with van der Waals surface area (Å²) in [7, 11) is 0. The number of aliphatic hydroxyl groups is 2. The number of hydrogen-bond acceptors (Lipinski definition) is 4. The van der Waals surface area contributed by atoms with Gasteiger partial charge in [0.05, 0.1) is 18.8 Å². The van der Waals surface area contributed by atoms with Crippen LogP contribution in [0.25, 0.3) is 11.0 Å². The van der Waals surface area contributed by atoms with Crippen LogP contribution in [0, 0.1) is 5.41 Å². The van der Waals surface area contributed by atoms with Gasteiger partial charge in [-0.15, -0.1) is 0 Å². The Labute approximate surface area is 129 Å². The van der Waals surface area contributed by atoms with E-state index in [1.807, 2.05) is 26.8 Å². The van der Waals surface area contributed by atoms with Crippen LogP contribution in [0.1, 0.15) is 37.7 Å². The molecule has 0 aromatic carbocycles. The highest BCUT2D eigenvalue weighted by Crippen LogP contribution is 2.22. The van der Waals surface area contributed by atoms with Gasteiger partial charge in [0.1, 0.15) is 11.3 Å². The Morgan fingerprint density at radius 1 is 1.45 bits per heavy atom. The Kier molecular flexibility index (Phi) is 4.83. The summed E-state index contributed by atoms with van der Waals surface area (Å²) < 4.78 is 0. The summed E-state index contributed by atoms with van der Waals surface area (Å²) in [5, 5.41) is 23.1. The predicted molar refractivity (Wildman–Crippen MR) is 84.5 cm³/mol. The van der Waals surface area contributed by atoms with E-state index in [1.165, 1.54) is 0 Å². The van der Waals surface area contributed by atoms with Crippen LogP contribution in [0.2, 0.25) is 0 Å². The highest BCUT2D eigenvalue weighted by molar-refractivity contribution is 5.97. The largest absolute Gasteiger partial charge is 0.394 e.